The van der Waals surface area contributed by atoms with E-state index in [4.69, 9.17) is 5.14 Å². The van der Waals surface area contributed by atoms with E-state index < -0.39 is 10.0 Å². The summed E-state index contributed by atoms with van der Waals surface area (Å²) in [5.41, 5.74) is 1.89. The number of primary sulfonamides is 1. The molecule has 0 aromatic heterocycles. The fourth-order valence-corrected chi connectivity index (χ4v) is 2.81. The third-order valence-electron chi connectivity index (χ3n) is 3.00. The maximum atomic E-state index is 11.4. The van der Waals surface area contributed by atoms with Crippen molar-refractivity contribution >= 4 is 10.0 Å². The molecule has 0 saturated heterocycles. The average Bonchev–Trinajstić information content (AvgIpc) is 2.25. The Morgan fingerprint density at radius 1 is 1.18 bits per heavy atom. The molecule has 3 nitrogen and oxygen atoms in total. The number of unbranched alkanes of at least 4 members (excludes halogenated alkanes) is 3. The van der Waals surface area contributed by atoms with Gasteiger partial charge < -0.3 is 0 Å². The Bertz CT molecular complexity index is 466. The van der Waals surface area contributed by atoms with E-state index in [-0.39, 0.29) is 4.90 Å². The smallest absolute Gasteiger partial charge is 0.225 e. The summed E-state index contributed by atoms with van der Waals surface area (Å²) in [6, 6.07) is 5.32. The van der Waals surface area contributed by atoms with Crippen molar-refractivity contribution in [2.45, 2.75) is 50.8 Å². The summed E-state index contributed by atoms with van der Waals surface area (Å²) in [5, 5.41) is 5.18. The SMILES string of the molecule is CCCCCCc1cccc(S(N)(=O)=O)c1C. The van der Waals surface area contributed by atoms with Gasteiger partial charge in [0.05, 0.1) is 4.90 Å². The van der Waals surface area contributed by atoms with Crippen molar-refractivity contribution in [3.63, 3.8) is 0 Å². The Labute approximate surface area is 104 Å². The first-order chi connectivity index (χ1) is 7.96. The molecule has 0 amide bonds. The normalized spacial score (nSPS) is 11.7. The highest BCUT2D eigenvalue weighted by molar-refractivity contribution is 7.89. The Hall–Kier alpha value is -0.870. The van der Waals surface area contributed by atoms with E-state index >= 15 is 0 Å². The number of sulfonamides is 1. The van der Waals surface area contributed by atoms with Crippen LogP contribution in [0.3, 0.4) is 0 Å². The number of rotatable bonds is 6. The molecule has 0 aliphatic heterocycles. The maximum Gasteiger partial charge on any atom is 0.238 e. The average molecular weight is 255 g/mol. The minimum absolute atomic E-state index is 0.255. The minimum atomic E-state index is -3.59. The van der Waals surface area contributed by atoms with E-state index in [0.717, 1.165) is 24.0 Å². The van der Waals surface area contributed by atoms with Gasteiger partial charge in [-0.1, -0.05) is 38.3 Å². The summed E-state index contributed by atoms with van der Waals surface area (Å²) in [6.07, 6.45) is 5.65. The van der Waals surface area contributed by atoms with Gasteiger partial charge in [-0.15, -0.1) is 0 Å². The molecule has 4 heteroatoms. The zero-order valence-electron chi connectivity index (χ0n) is 10.6. The molecule has 96 valence electrons. The molecule has 0 fully saturated rings. The van der Waals surface area contributed by atoms with Crippen LogP contribution in [0.25, 0.3) is 0 Å². The van der Waals surface area contributed by atoms with Gasteiger partial charge in [-0.25, -0.2) is 13.6 Å². The number of benzene rings is 1. The van der Waals surface area contributed by atoms with Crippen LogP contribution in [0.1, 0.15) is 43.7 Å². The molecule has 0 heterocycles. The molecular weight excluding hydrogens is 234 g/mol. The summed E-state index contributed by atoms with van der Waals surface area (Å²) < 4.78 is 22.7. The molecule has 0 aliphatic carbocycles. The van der Waals surface area contributed by atoms with Crippen molar-refractivity contribution in [2.24, 2.45) is 5.14 Å². The van der Waals surface area contributed by atoms with Gasteiger partial charge in [-0.3, -0.25) is 0 Å². The summed E-state index contributed by atoms with van der Waals surface area (Å²) in [7, 11) is -3.59. The van der Waals surface area contributed by atoms with Crippen molar-refractivity contribution in [1.29, 1.82) is 0 Å². The van der Waals surface area contributed by atoms with Crippen molar-refractivity contribution < 1.29 is 8.42 Å². The molecule has 0 spiro atoms. The molecule has 0 saturated carbocycles. The Kier molecular flexibility index (Phi) is 5.15. The van der Waals surface area contributed by atoms with E-state index in [1.807, 2.05) is 13.0 Å². The van der Waals surface area contributed by atoms with Gasteiger partial charge in [-0.05, 0) is 37.0 Å². The summed E-state index contributed by atoms with van der Waals surface area (Å²) >= 11 is 0. The molecule has 0 atom stereocenters. The van der Waals surface area contributed by atoms with Crippen molar-refractivity contribution in [1.82, 2.24) is 0 Å². The zero-order chi connectivity index (χ0) is 12.9. The largest absolute Gasteiger partial charge is 0.238 e. The molecule has 0 aliphatic rings. The Balaban J connectivity index is 2.81. The highest BCUT2D eigenvalue weighted by Gasteiger charge is 2.13. The predicted molar refractivity (Wildman–Crippen MR) is 70.4 cm³/mol. The van der Waals surface area contributed by atoms with Crippen LogP contribution in [0.2, 0.25) is 0 Å². The molecule has 2 N–H and O–H groups in total. The van der Waals surface area contributed by atoms with Gasteiger partial charge in [0.25, 0.3) is 0 Å². The quantitative estimate of drug-likeness (QED) is 0.794. The lowest BCUT2D eigenvalue weighted by atomic mass is 10.0. The second kappa shape index (κ2) is 6.17. The van der Waals surface area contributed by atoms with Crippen LogP contribution in [0.15, 0.2) is 23.1 Å². The standard InChI is InChI=1S/C13H21NO2S/c1-3-4-5-6-8-12-9-7-10-13(11(12)2)17(14,15)16/h7,9-10H,3-6,8H2,1-2H3,(H2,14,15,16). The van der Waals surface area contributed by atoms with Crippen LogP contribution in [0.4, 0.5) is 0 Å². The van der Waals surface area contributed by atoms with Gasteiger partial charge in [0.1, 0.15) is 0 Å². The predicted octanol–water partition coefficient (Wildman–Crippen LogP) is 2.77. The number of nitrogens with two attached hydrogens (primary N) is 1. The van der Waals surface area contributed by atoms with E-state index in [0.29, 0.717) is 0 Å². The molecule has 1 aromatic carbocycles. The van der Waals surface area contributed by atoms with E-state index in [1.54, 1.807) is 12.1 Å². The van der Waals surface area contributed by atoms with Gasteiger partial charge in [0.15, 0.2) is 0 Å². The third kappa shape index (κ3) is 4.13. The lowest BCUT2D eigenvalue weighted by Gasteiger charge is -2.09. The fourth-order valence-electron chi connectivity index (χ4n) is 1.98. The highest BCUT2D eigenvalue weighted by Crippen LogP contribution is 2.19. The Morgan fingerprint density at radius 2 is 1.88 bits per heavy atom. The number of hydrogen-bond donors (Lipinski definition) is 1. The van der Waals surface area contributed by atoms with E-state index in [2.05, 4.69) is 6.92 Å². The summed E-state index contributed by atoms with van der Waals surface area (Å²) in [4.78, 5) is 0.255. The van der Waals surface area contributed by atoms with Crippen molar-refractivity contribution in [2.75, 3.05) is 0 Å². The van der Waals surface area contributed by atoms with E-state index in [9.17, 15) is 8.42 Å². The van der Waals surface area contributed by atoms with Crippen LogP contribution >= 0.6 is 0 Å². The van der Waals surface area contributed by atoms with Crippen LogP contribution < -0.4 is 5.14 Å². The number of hydrogen-bond acceptors (Lipinski definition) is 2. The third-order valence-corrected chi connectivity index (χ3v) is 4.06. The molecule has 0 radical (unpaired) electrons. The first-order valence-corrected chi connectivity index (χ1v) is 7.62. The molecule has 17 heavy (non-hydrogen) atoms. The fraction of sp³-hybridized carbons (Fsp3) is 0.538. The van der Waals surface area contributed by atoms with Gasteiger partial charge in [-0.2, -0.15) is 0 Å². The first kappa shape index (κ1) is 14.2. The summed E-state index contributed by atoms with van der Waals surface area (Å²) in [5.74, 6) is 0. The van der Waals surface area contributed by atoms with Crippen molar-refractivity contribution in [3.05, 3.63) is 29.3 Å². The molecular formula is C13H21NO2S. The van der Waals surface area contributed by atoms with Gasteiger partial charge in [0, 0.05) is 0 Å². The molecule has 1 rings (SSSR count). The maximum absolute atomic E-state index is 11.4. The van der Waals surface area contributed by atoms with Crippen molar-refractivity contribution in [3.8, 4) is 0 Å². The van der Waals surface area contributed by atoms with Gasteiger partial charge >= 0.3 is 0 Å². The molecule has 0 bridgehead atoms. The zero-order valence-corrected chi connectivity index (χ0v) is 11.4. The van der Waals surface area contributed by atoms with Crippen LogP contribution in [-0.2, 0) is 16.4 Å². The van der Waals surface area contributed by atoms with Crippen LogP contribution in [-0.4, -0.2) is 8.42 Å². The minimum Gasteiger partial charge on any atom is -0.225 e. The van der Waals surface area contributed by atoms with E-state index in [1.165, 1.54) is 19.3 Å². The van der Waals surface area contributed by atoms with Gasteiger partial charge in [0.2, 0.25) is 10.0 Å². The molecule has 1 aromatic rings. The second-order valence-electron chi connectivity index (χ2n) is 4.40. The van der Waals surface area contributed by atoms with Crippen LogP contribution in [0.5, 0.6) is 0 Å². The second-order valence-corrected chi connectivity index (χ2v) is 5.93. The topological polar surface area (TPSA) is 60.2 Å². The lowest BCUT2D eigenvalue weighted by molar-refractivity contribution is 0.596. The first-order valence-electron chi connectivity index (χ1n) is 6.08. The Morgan fingerprint density at radius 3 is 2.47 bits per heavy atom. The number of aryl methyl sites for hydroxylation is 1. The monoisotopic (exact) mass is 255 g/mol. The summed E-state index contributed by atoms with van der Waals surface area (Å²) in [6.45, 7) is 4.00. The lowest BCUT2D eigenvalue weighted by Crippen LogP contribution is -2.14. The highest BCUT2D eigenvalue weighted by atomic mass is 32.2. The molecule has 0 unspecified atom stereocenters. The van der Waals surface area contributed by atoms with Crippen LogP contribution in [0, 0.1) is 6.92 Å².